The van der Waals surface area contributed by atoms with Crippen LogP contribution in [0, 0.1) is 0 Å². The van der Waals surface area contributed by atoms with E-state index in [0.717, 1.165) is 0 Å². The Hall–Kier alpha value is -1.48. The smallest absolute Gasteiger partial charge is 0.319 e. The van der Waals surface area contributed by atoms with E-state index in [4.69, 9.17) is 5.11 Å². The second-order valence-corrected chi connectivity index (χ2v) is 6.34. The summed E-state index contributed by atoms with van der Waals surface area (Å²) in [5.74, 6) is -0.0616. The fourth-order valence-electron chi connectivity index (χ4n) is 1.74. The topological polar surface area (TPSA) is 37.3 Å². The van der Waals surface area contributed by atoms with E-state index in [1.54, 1.807) is 13.8 Å². The zero-order valence-corrected chi connectivity index (χ0v) is 11.3. The highest BCUT2D eigenvalue weighted by Crippen LogP contribution is 2.30. The van der Waals surface area contributed by atoms with Crippen LogP contribution in [-0.2, 0) is 10.5 Å². The summed E-state index contributed by atoms with van der Waals surface area (Å²) in [4.78, 5) is 11.1. The Kier molecular flexibility index (Phi) is 3.62. The molecule has 0 bridgehead atoms. The van der Waals surface area contributed by atoms with Crippen LogP contribution >= 0.6 is 11.8 Å². The Morgan fingerprint density at radius 3 is 2.56 bits per heavy atom. The summed E-state index contributed by atoms with van der Waals surface area (Å²) < 4.78 is -0.753. The van der Waals surface area contributed by atoms with Crippen LogP contribution < -0.4 is 0 Å². The number of benzene rings is 2. The van der Waals surface area contributed by atoms with Crippen molar-refractivity contribution < 1.29 is 9.90 Å². The Balaban J connectivity index is 2.25. The lowest BCUT2D eigenvalue weighted by molar-refractivity contribution is -0.138. The zero-order chi connectivity index (χ0) is 13.2. The van der Waals surface area contributed by atoms with Crippen molar-refractivity contribution in [2.75, 3.05) is 0 Å². The highest BCUT2D eigenvalue weighted by Gasteiger charge is 2.27. The molecular weight excluding hydrogens is 244 g/mol. The summed E-state index contributed by atoms with van der Waals surface area (Å²) in [6, 6.07) is 14.3. The maximum atomic E-state index is 11.1. The normalized spacial score (nSPS) is 11.7. The summed E-state index contributed by atoms with van der Waals surface area (Å²) in [7, 11) is 0. The molecule has 0 fully saturated rings. The SMILES string of the molecule is CC(C)(SCc1cccc2ccccc12)C(=O)O. The maximum Gasteiger partial charge on any atom is 0.319 e. The summed E-state index contributed by atoms with van der Waals surface area (Å²) in [5.41, 5.74) is 1.19. The molecule has 2 aromatic carbocycles. The molecule has 0 aliphatic heterocycles. The van der Waals surface area contributed by atoms with Gasteiger partial charge < -0.3 is 5.11 Å². The first-order valence-corrected chi connectivity index (χ1v) is 6.83. The highest BCUT2D eigenvalue weighted by molar-refractivity contribution is 8.00. The van der Waals surface area contributed by atoms with Crippen LogP contribution in [0.3, 0.4) is 0 Å². The third-order valence-corrected chi connectivity index (χ3v) is 4.34. The first-order valence-electron chi connectivity index (χ1n) is 5.85. The fraction of sp³-hybridized carbons (Fsp3) is 0.267. The number of aliphatic carboxylic acids is 1. The van der Waals surface area contributed by atoms with Crippen LogP contribution in [0.1, 0.15) is 19.4 Å². The third kappa shape index (κ3) is 2.67. The number of fused-ring (bicyclic) bond motifs is 1. The summed E-state index contributed by atoms with van der Waals surface area (Å²) in [6.45, 7) is 3.48. The number of hydrogen-bond acceptors (Lipinski definition) is 2. The van der Waals surface area contributed by atoms with Gasteiger partial charge in [0, 0.05) is 5.75 Å². The lowest BCUT2D eigenvalue weighted by Crippen LogP contribution is -2.27. The maximum absolute atomic E-state index is 11.1. The molecule has 0 aliphatic rings. The Labute approximate surface area is 111 Å². The van der Waals surface area contributed by atoms with E-state index in [-0.39, 0.29) is 0 Å². The highest BCUT2D eigenvalue weighted by atomic mass is 32.2. The van der Waals surface area contributed by atoms with Gasteiger partial charge in [0.15, 0.2) is 0 Å². The van der Waals surface area contributed by atoms with Crippen molar-refractivity contribution in [3.63, 3.8) is 0 Å². The lowest BCUT2D eigenvalue weighted by Gasteiger charge is -2.18. The van der Waals surface area contributed by atoms with E-state index in [1.165, 1.54) is 28.1 Å². The van der Waals surface area contributed by atoms with Gasteiger partial charge in [-0.2, -0.15) is 0 Å². The van der Waals surface area contributed by atoms with Gasteiger partial charge in [-0.15, -0.1) is 11.8 Å². The molecule has 0 atom stereocenters. The van der Waals surface area contributed by atoms with E-state index in [9.17, 15) is 4.79 Å². The molecule has 1 N–H and O–H groups in total. The van der Waals surface area contributed by atoms with Crippen molar-refractivity contribution in [1.82, 2.24) is 0 Å². The predicted octanol–water partition coefficient (Wildman–Crippen LogP) is 3.94. The van der Waals surface area contributed by atoms with Gasteiger partial charge in [0.1, 0.15) is 4.75 Å². The molecule has 2 aromatic rings. The van der Waals surface area contributed by atoms with Crippen LogP contribution in [-0.4, -0.2) is 15.8 Å². The fourth-order valence-corrected chi connectivity index (χ4v) is 2.63. The van der Waals surface area contributed by atoms with Gasteiger partial charge in [-0.05, 0) is 30.2 Å². The number of carboxylic acid groups (broad SMARTS) is 1. The number of thioether (sulfide) groups is 1. The molecule has 2 nitrogen and oxygen atoms in total. The van der Waals surface area contributed by atoms with Gasteiger partial charge in [-0.3, -0.25) is 4.79 Å². The van der Waals surface area contributed by atoms with E-state index in [1.807, 2.05) is 18.2 Å². The molecule has 0 radical (unpaired) electrons. The average Bonchev–Trinajstić information content (AvgIpc) is 2.36. The van der Waals surface area contributed by atoms with E-state index >= 15 is 0 Å². The first-order chi connectivity index (χ1) is 8.50. The number of carbonyl (C=O) groups is 1. The number of carboxylic acids is 1. The molecule has 3 heteroatoms. The van der Waals surface area contributed by atoms with E-state index in [2.05, 4.69) is 24.3 Å². The molecule has 94 valence electrons. The summed E-state index contributed by atoms with van der Waals surface area (Å²) in [5, 5.41) is 11.5. The second-order valence-electron chi connectivity index (χ2n) is 4.74. The molecule has 0 saturated carbocycles. The van der Waals surface area contributed by atoms with Crippen LogP contribution in [0.4, 0.5) is 0 Å². The summed E-state index contributed by atoms with van der Waals surface area (Å²) >= 11 is 1.46. The third-order valence-electron chi connectivity index (χ3n) is 2.98. The van der Waals surface area contributed by atoms with Gasteiger partial charge in [0.2, 0.25) is 0 Å². The molecule has 0 spiro atoms. The Morgan fingerprint density at radius 1 is 1.17 bits per heavy atom. The van der Waals surface area contributed by atoms with Gasteiger partial charge >= 0.3 is 5.97 Å². The molecule has 18 heavy (non-hydrogen) atoms. The molecule has 0 unspecified atom stereocenters. The predicted molar refractivity (Wildman–Crippen MR) is 77.0 cm³/mol. The molecule has 2 rings (SSSR count). The lowest BCUT2D eigenvalue weighted by atomic mass is 10.1. The number of hydrogen-bond donors (Lipinski definition) is 1. The monoisotopic (exact) mass is 260 g/mol. The van der Waals surface area contributed by atoms with Crippen LogP contribution in [0.25, 0.3) is 10.8 Å². The largest absolute Gasteiger partial charge is 0.480 e. The quantitative estimate of drug-likeness (QED) is 0.904. The molecule has 0 aliphatic carbocycles. The zero-order valence-electron chi connectivity index (χ0n) is 10.5. The minimum atomic E-state index is -0.771. The Morgan fingerprint density at radius 2 is 1.83 bits per heavy atom. The van der Waals surface area contributed by atoms with E-state index < -0.39 is 10.7 Å². The summed E-state index contributed by atoms with van der Waals surface area (Å²) in [6.07, 6.45) is 0. The molecule has 0 amide bonds. The van der Waals surface area contributed by atoms with Gasteiger partial charge in [-0.1, -0.05) is 42.5 Å². The minimum Gasteiger partial charge on any atom is -0.480 e. The van der Waals surface area contributed by atoms with Crippen molar-refractivity contribution in [3.05, 3.63) is 48.0 Å². The van der Waals surface area contributed by atoms with Crippen LogP contribution in [0.5, 0.6) is 0 Å². The van der Waals surface area contributed by atoms with Crippen molar-refractivity contribution in [1.29, 1.82) is 0 Å². The van der Waals surface area contributed by atoms with Crippen molar-refractivity contribution in [2.45, 2.75) is 24.3 Å². The number of rotatable bonds is 4. The average molecular weight is 260 g/mol. The minimum absolute atomic E-state index is 0.709. The molecular formula is C15H16O2S. The van der Waals surface area contributed by atoms with Crippen molar-refractivity contribution in [2.24, 2.45) is 0 Å². The van der Waals surface area contributed by atoms with Gasteiger partial charge in [0.05, 0.1) is 0 Å². The van der Waals surface area contributed by atoms with E-state index in [0.29, 0.717) is 5.75 Å². The molecule has 0 aromatic heterocycles. The van der Waals surface area contributed by atoms with Crippen molar-refractivity contribution in [3.8, 4) is 0 Å². The first kappa shape index (κ1) is 13.0. The van der Waals surface area contributed by atoms with Gasteiger partial charge in [-0.25, -0.2) is 0 Å². The molecule has 0 heterocycles. The van der Waals surface area contributed by atoms with Crippen LogP contribution in [0.15, 0.2) is 42.5 Å². The van der Waals surface area contributed by atoms with Crippen molar-refractivity contribution >= 4 is 28.5 Å². The Bertz CT molecular complexity index is 570. The molecule has 0 saturated heterocycles. The standard InChI is InChI=1S/C15H16O2S/c1-15(2,14(16)17)18-10-12-8-5-7-11-6-3-4-9-13(11)12/h3-9H,10H2,1-2H3,(H,16,17). The van der Waals surface area contributed by atoms with Gasteiger partial charge in [0.25, 0.3) is 0 Å². The van der Waals surface area contributed by atoms with Crippen LogP contribution in [0.2, 0.25) is 0 Å². The second kappa shape index (κ2) is 5.02.